The molecular formula is C21H16N2O3S2. The third-order valence-corrected chi connectivity index (χ3v) is 7.68. The molecule has 3 heterocycles. The van der Waals surface area contributed by atoms with E-state index < -0.39 is 11.2 Å². The molecule has 5 rings (SSSR count). The zero-order valence-electron chi connectivity index (χ0n) is 14.9. The lowest BCUT2D eigenvalue weighted by atomic mass is 9.83. The fraction of sp³-hybridized carbons (Fsp3) is 0.190. The molecule has 0 saturated carbocycles. The van der Waals surface area contributed by atoms with Gasteiger partial charge in [0.2, 0.25) is 11.8 Å². The molecule has 3 atom stereocenters. The van der Waals surface area contributed by atoms with Crippen molar-refractivity contribution < 1.29 is 9.59 Å². The SMILES string of the molecule is Cc1ccc(N2C(=O)[C@H]3[C@@H](c4ccccc4)c4sc(=O)[nH]c4S[C@H]3C2=O)cc1. The molecule has 0 unspecified atom stereocenters. The summed E-state index contributed by atoms with van der Waals surface area (Å²) in [4.78, 5) is 43.5. The zero-order chi connectivity index (χ0) is 19.4. The average Bonchev–Trinajstić information content (AvgIpc) is 3.18. The molecule has 28 heavy (non-hydrogen) atoms. The van der Waals surface area contributed by atoms with Crippen molar-refractivity contribution in [2.45, 2.75) is 23.1 Å². The molecule has 1 fully saturated rings. The maximum absolute atomic E-state index is 13.4. The fourth-order valence-corrected chi connectivity index (χ4v) is 6.50. The number of aromatic nitrogens is 1. The predicted molar refractivity (Wildman–Crippen MR) is 110 cm³/mol. The summed E-state index contributed by atoms with van der Waals surface area (Å²) in [5.41, 5.74) is 2.61. The Morgan fingerprint density at radius 3 is 2.36 bits per heavy atom. The highest BCUT2D eigenvalue weighted by Gasteiger charge is 2.56. The molecule has 0 radical (unpaired) electrons. The van der Waals surface area contributed by atoms with Crippen molar-refractivity contribution in [2.75, 3.05) is 4.90 Å². The van der Waals surface area contributed by atoms with Gasteiger partial charge in [-0.25, -0.2) is 4.90 Å². The largest absolute Gasteiger partial charge is 0.307 e. The van der Waals surface area contributed by atoms with E-state index in [2.05, 4.69) is 4.98 Å². The molecule has 7 heteroatoms. The van der Waals surface area contributed by atoms with Crippen molar-refractivity contribution in [3.05, 3.63) is 80.3 Å². The minimum atomic E-state index is -0.545. The fourth-order valence-electron chi connectivity index (χ4n) is 3.98. The monoisotopic (exact) mass is 408 g/mol. The standard InChI is InChI=1S/C21H16N2O3S2/c1-11-7-9-13(10-8-11)23-19(24)15-14(12-5-3-2-4-6-12)16-18(22-21(26)28-16)27-17(15)20(23)25/h2-10,14-15,17H,1H3,(H,22,26)/t14-,15+,17-/m1/s1. The van der Waals surface area contributed by atoms with Gasteiger partial charge in [0.25, 0.3) is 0 Å². The van der Waals surface area contributed by atoms with E-state index in [1.165, 1.54) is 16.7 Å². The lowest BCUT2D eigenvalue weighted by molar-refractivity contribution is -0.122. The van der Waals surface area contributed by atoms with Crippen molar-refractivity contribution in [3.63, 3.8) is 0 Å². The molecule has 1 aromatic heterocycles. The molecule has 1 saturated heterocycles. The predicted octanol–water partition coefficient (Wildman–Crippen LogP) is 3.54. The van der Waals surface area contributed by atoms with Crippen LogP contribution in [0, 0.1) is 12.8 Å². The van der Waals surface area contributed by atoms with Crippen molar-refractivity contribution in [1.29, 1.82) is 0 Å². The second kappa shape index (κ2) is 6.46. The van der Waals surface area contributed by atoms with Gasteiger partial charge in [-0.15, -0.1) is 0 Å². The van der Waals surface area contributed by atoms with E-state index in [1.807, 2.05) is 61.5 Å². The summed E-state index contributed by atoms with van der Waals surface area (Å²) < 4.78 is 0. The normalized spacial score (nSPS) is 23.6. The number of carbonyl (C=O) groups excluding carboxylic acids is 2. The number of aryl methyl sites for hydroxylation is 1. The van der Waals surface area contributed by atoms with Crippen LogP contribution in [0.4, 0.5) is 5.69 Å². The number of hydrogen-bond donors (Lipinski definition) is 1. The summed E-state index contributed by atoms with van der Waals surface area (Å²) in [6, 6.07) is 17.1. The van der Waals surface area contributed by atoms with Crippen LogP contribution in [0.15, 0.2) is 64.4 Å². The highest BCUT2D eigenvalue weighted by molar-refractivity contribution is 8.00. The van der Waals surface area contributed by atoms with E-state index in [-0.39, 0.29) is 22.6 Å². The molecule has 0 spiro atoms. The van der Waals surface area contributed by atoms with E-state index >= 15 is 0 Å². The Balaban J connectivity index is 1.65. The summed E-state index contributed by atoms with van der Waals surface area (Å²) in [5, 5.41) is 0.161. The van der Waals surface area contributed by atoms with Gasteiger partial charge in [0.05, 0.1) is 16.6 Å². The number of H-pyrrole nitrogens is 1. The zero-order valence-corrected chi connectivity index (χ0v) is 16.5. The number of aromatic amines is 1. The molecule has 2 aromatic carbocycles. The van der Waals surface area contributed by atoms with Crippen LogP contribution in [0.5, 0.6) is 0 Å². The van der Waals surface area contributed by atoms with E-state index in [4.69, 9.17) is 0 Å². The number of hydrogen-bond acceptors (Lipinski definition) is 5. The Bertz CT molecular complexity index is 1130. The average molecular weight is 409 g/mol. The van der Waals surface area contributed by atoms with E-state index in [0.29, 0.717) is 10.7 Å². The number of thiazole rings is 1. The number of imide groups is 1. The summed E-state index contributed by atoms with van der Waals surface area (Å²) in [5.74, 6) is -1.26. The van der Waals surface area contributed by atoms with Crippen LogP contribution in [0.1, 0.15) is 21.9 Å². The molecule has 2 aliphatic heterocycles. The van der Waals surface area contributed by atoms with Crippen LogP contribution < -0.4 is 9.77 Å². The topological polar surface area (TPSA) is 70.2 Å². The number of carbonyl (C=O) groups is 2. The number of amides is 2. The van der Waals surface area contributed by atoms with Crippen molar-refractivity contribution in [3.8, 4) is 0 Å². The minimum absolute atomic E-state index is 0.159. The number of fused-ring (bicyclic) bond motifs is 2. The van der Waals surface area contributed by atoms with Crippen LogP contribution in [0.3, 0.4) is 0 Å². The van der Waals surface area contributed by atoms with Gasteiger partial charge in [-0.3, -0.25) is 14.4 Å². The quantitative estimate of drug-likeness (QED) is 0.659. The van der Waals surface area contributed by atoms with Crippen molar-refractivity contribution in [2.24, 2.45) is 5.92 Å². The van der Waals surface area contributed by atoms with Gasteiger partial charge in [0.1, 0.15) is 5.25 Å². The van der Waals surface area contributed by atoms with Crippen LogP contribution in [0.2, 0.25) is 0 Å². The summed E-state index contributed by atoms with van der Waals surface area (Å²) in [6.07, 6.45) is 0. The first-order chi connectivity index (χ1) is 13.5. The Labute approximate surface area is 169 Å². The van der Waals surface area contributed by atoms with Gasteiger partial charge < -0.3 is 4.98 Å². The first kappa shape index (κ1) is 17.5. The molecule has 0 aliphatic carbocycles. The highest BCUT2D eigenvalue weighted by atomic mass is 32.2. The van der Waals surface area contributed by atoms with Crippen molar-refractivity contribution >= 4 is 40.6 Å². The molecule has 140 valence electrons. The number of benzene rings is 2. The van der Waals surface area contributed by atoms with Gasteiger partial charge >= 0.3 is 4.87 Å². The lowest BCUT2D eigenvalue weighted by Crippen LogP contribution is -2.32. The van der Waals surface area contributed by atoms with Gasteiger partial charge in [-0.1, -0.05) is 71.1 Å². The second-order valence-corrected chi connectivity index (χ2v) is 9.17. The first-order valence-electron chi connectivity index (χ1n) is 8.93. The van der Waals surface area contributed by atoms with Gasteiger partial charge in [0.15, 0.2) is 0 Å². The van der Waals surface area contributed by atoms with E-state index in [1.54, 1.807) is 0 Å². The number of thioether (sulfide) groups is 1. The molecule has 3 aromatic rings. The Kier molecular flexibility index (Phi) is 4.03. The first-order valence-corrected chi connectivity index (χ1v) is 10.6. The van der Waals surface area contributed by atoms with Crippen LogP contribution in [-0.2, 0) is 9.59 Å². The summed E-state index contributed by atoms with van der Waals surface area (Å²) in [7, 11) is 0. The third-order valence-electron chi connectivity index (χ3n) is 5.27. The van der Waals surface area contributed by atoms with Crippen LogP contribution in [-0.4, -0.2) is 22.0 Å². The minimum Gasteiger partial charge on any atom is -0.307 e. The van der Waals surface area contributed by atoms with Gasteiger partial charge in [-0.2, -0.15) is 0 Å². The number of nitrogens with one attached hydrogen (secondary N) is 1. The van der Waals surface area contributed by atoms with E-state index in [0.717, 1.165) is 27.3 Å². The number of nitrogens with zero attached hydrogens (tertiary/aromatic N) is 1. The molecule has 5 nitrogen and oxygen atoms in total. The molecule has 0 bridgehead atoms. The van der Waals surface area contributed by atoms with Gasteiger partial charge in [0, 0.05) is 10.8 Å². The van der Waals surface area contributed by atoms with Crippen molar-refractivity contribution in [1.82, 2.24) is 4.98 Å². The van der Waals surface area contributed by atoms with Crippen LogP contribution >= 0.6 is 23.1 Å². The number of rotatable bonds is 2. The highest BCUT2D eigenvalue weighted by Crippen LogP contribution is 2.53. The molecule has 2 amide bonds. The van der Waals surface area contributed by atoms with E-state index in [9.17, 15) is 14.4 Å². The molecular weight excluding hydrogens is 392 g/mol. The molecule has 1 N–H and O–H groups in total. The maximum Gasteiger partial charge on any atom is 0.305 e. The summed E-state index contributed by atoms with van der Waals surface area (Å²) in [6.45, 7) is 1.97. The maximum atomic E-state index is 13.4. The summed E-state index contributed by atoms with van der Waals surface area (Å²) >= 11 is 2.43. The lowest BCUT2D eigenvalue weighted by Gasteiger charge is -2.29. The smallest absolute Gasteiger partial charge is 0.305 e. The third kappa shape index (κ3) is 2.57. The van der Waals surface area contributed by atoms with Crippen LogP contribution in [0.25, 0.3) is 0 Å². The van der Waals surface area contributed by atoms with Gasteiger partial charge in [-0.05, 0) is 24.6 Å². The Morgan fingerprint density at radius 1 is 0.929 bits per heavy atom. The molecule has 2 aliphatic rings. The number of anilines is 1. The second-order valence-electron chi connectivity index (χ2n) is 7.01. The Hall–Kier alpha value is -2.64. The Morgan fingerprint density at radius 2 is 1.64 bits per heavy atom.